The van der Waals surface area contributed by atoms with E-state index in [2.05, 4.69) is 20.8 Å². The number of amides is 2. The van der Waals surface area contributed by atoms with Gasteiger partial charge in [-0.1, -0.05) is 43.3 Å². The lowest BCUT2D eigenvalue weighted by Gasteiger charge is -2.22. The number of aromatic nitrogens is 3. The van der Waals surface area contributed by atoms with Crippen molar-refractivity contribution in [3.8, 4) is 0 Å². The van der Waals surface area contributed by atoms with Gasteiger partial charge in [-0.3, -0.25) is 19.7 Å². The Balaban J connectivity index is 1.68. The molecule has 1 heterocycles. The molecule has 0 bridgehead atoms. The van der Waals surface area contributed by atoms with Crippen LogP contribution in [0.25, 0.3) is 0 Å². The Morgan fingerprint density at radius 2 is 1.74 bits per heavy atom. The van der Waals surface area contributed by atoms with Gasteiger partial charge < -0.3 is 15.2 Å². The summed E-state index contributed by atoms with van der Waals surface area (Å²) in [6.07, 6.45) is 0. The molecule has 10 nitrogen and oxygen atoms in total. The molecular formula is C24H28N6O4S. The Morgan fingerprint density at radius 3 is 2.31 bits per heavy atom. The van der Waals surface area contributed by atoms with E-state index in [0.717, 1.165) is 5.56 Å². The lowest BCUT2D eigenvalue weighted by atomic mass is 10.0. The van der Waals surface area contributed by atoms with Gasteiger partial charge in [0.05, 0.1) is 16.7 Å². The van der Waals surface area contributed by atoms with Gasteiger partial charge in [0.1, 0.15) is 0 Å². The van der Waals surface area contributed by atoms with E-state index in [1.807, 2.05) is 44.4 Å². The number of nitro benzene ring substituents is 1. The summed E-state index contributed by atoms with van der Waals surface area (Å²) in [5.41, 5.74) is 2.07. The van der Waals surface area contributed by atoms with Crippen molar-refractivity contribution in [3.63, 3.8) is 0 Å². The summed E-state index contributed by atoms with van der Waals surface area (Å²) >= 11 is 1.23. The molecule has 0 saturated carbocycles. The molecular weight excluding hydrogens is 468 g/mol. The summed E-state index contributed by atoms with van der Waals surface area (Å²) < 4.78 is 1.89. The summed E-state index contributed by atoms with van der Waals surface area (Å²) in [7, 11) is 0. The van der Waals surface area contributed by atoms with Gasteiger partial charge in [-0.2, -0.15) is 0 Å². The van der Waals surface area contributed by atoms with Crippen molar-refractivity contribution in [1.29, 1.82) is 0 Å². The molecule has 0 radical (unpaired) electrons. The van der Waals surface area contributed by atoms with Crippen molar-refractivity contribution in [1.82, 2.24) is 20.1 Å². The van der Waals surface area contributed by atoms with E-state index in [4.69, 9.17) is 0 Å². The largest absolute Gasteiger partial charge is 0.342 e. The van der Waals surface area contributed by atoms with Gasteiger partial charge in [-0.05, 0) is 44.0 Å². The number of anilines is 1. The maximum absolute atomic E-state index is 12.8. The number of hydrogen-bond acceptors (Lipinski definition) is 7. The van der Waals surface area contributed by atoms with Crippen molar-refractivity contribution in [3.05, 3.63) is 75.6 Å². The number of carbonyl (C=O) groups excluding carboxylic acids is 2. The van der Waals surface area contributed by atoms with Crippen LogP contribution >= 0.6 is 11.8 Å². The zero-order chi connectivity index (χ0) is 25.5. The average molecular weight is 497 g/mol. The molecule has 0 saturated heterocycles. The highest BCUT2D eigenvalue weighted by atomic mass is 32.2. The van der Waals surface area contributed by atoms with Crippen molar-refractivity contribution < 1.29 is 14.5 Å². The molecule has 2 N–H and O–H groups in total. The molecule has 3 rings (SSSR count). The fourth-order valence-electron chi connectivity index (χ4n) is 3.39. The summed E-state index contributed by atoms with van der Waals surface area (Å²) in [6.45, 7) is 8.48. The minimum Gasteiger partial charge on any atom is -0.342 e. The molecule has 1 atom stereocenters. The Labute approximate surface area is 207 Å². The number of non-ortho nitro benzene ring substituents is 1. The molecule has 2 amide bonds. The first-order valence-corrected chi connectivity index (χ1v) is 12.2. The number of carbonyl (C=O) groups is 2. The van der Waals surface area contributed by atoms with Gasteiger partial charge in [-0.25, -0.2) is 0 Å². The van der Waals surface area contributed by atoms with Gasteiger partial charge in [-0.15, -0.1) is 10.2 Å². The van der Waals surface area contributed by atoms with Crippen molar-refractivity contribution in [2.24, 2.45) is 5.92 Å². The number of rotatable bonds is 10. The molecule has 0 aliphatic carbocycles. The Morgan fingerprint density at radius 1 is 1.09 bits per heavy atom. The summed E-state index contributed by atoms with van der Waals surface area (Å²) in [5, 5.41) is 25.7. The SMILES string of the molecule is CCn1c(SCC(=O)Nc2ccc([N+](=O)[O-])cc2)nnc1[C@H](NC(=O)c1ccc(C)cc1)C(C)C. The average Bonchev–Trinajstić information content (AvgIpc) is 3.24. The lowest BCUT2D eigenvalue weighted by molar-refractivity contribution is -0.384. The third-order valence-corrected chi connectivity index (χ3v) is 6.27. The standard InChI is InChI=1S/C24H28N6O4S/c1-5-29-22(21(15(2)3)26-23(32)17-8-6-16(4)7-9-17)27-28-24(29)35-14-20(31)25-18-10-12-19(13-11-18)30(33)34/h6-13,15,21H,5,14H2,1-4H3,(H,25,31)(H,26,32)/t21-/m1/s1. The first kappa shape index (κ1) is 25.9. The second kappa shape index (κ2) is 11.6. The quantitative estimate of drug-likeness (QED) is 0.242. The predicted molar refractivity (Wildman–Crippen MR) is 134 cm³/mol. The van der Waals surface area contributed by atoms with Crippen LogP contribution in [0, 0.1) is 23.0 Å². The van der Waals surface area contributed by atoms with Crippen LogP contribution in [-0.4, -0.2) is 37.3 Å². The van der Waals surface area contributed by atoms with Crippen LogP contribution in [-0.2, 0) is 11.3 Å². The minimum absolute atomic E-state index is 0.0462. The van der Waals surface area contributed by atoms with Gasteiger partial charge in [0.15, 0.2) is 11.0 Å². The van der Waals surface area contributed by atoms with Crippen LogP contribution in [0.15, 0.2) is 53.7 Å². The Kier molecular flexibility index (Phi) is 8.58. The molecule has 11 heteroatoms. The maximum atomic E-state index is 12.8. The van der Waals surface area contributed by atoms with Crippen LogP contribution in [0.1, 0.15) is 48.6 Å². The van der Waals surface area contributed by atoms with E-state index in [1.54, 1.807) is 12.1 Å². The molecule has 0 fully saturated rings. The molecule has 184 valence electrons. The van der Waals surface area contributed by atoms with Gasteiger partial charge >= 0.3 is 0 Å². The number of thioether (sulfide) groups is 1. The number of benzene rings is 2. The fourth-order valence-corrected chi connectivity index (χ4v) is 4.20. The maximum Gasteiger partial charge on any atom is 0.269 e. The van der Waals surface area contributed by atoms with Crippen LogP contribution in [0.4, 0.5) is 11.4 Å². The number of nitro groups is 1. The fraction of sp³-hybridized carbons (Fsp3) is 0.333. The molecule has 1 aromatic heterocycles. The molecule has 35 heavy (non-hydrogen) atoms. The Hall–Kier alpha value is -3.73. The third-order valence-electron chi connectivity index (χ3n) is 5.30. The smallest absolute Gasteiger partial charge is 0.269 e. The number of aryl methyl sites for hydroxylation is 1. The highest BCUT2D eigenvalue weighted by Crippen LogP contribution is 2.26. The first-order valence-electron chi connectivity index (χ1n) is 11.2. The molecule has 0 aliphatic rings. The zero-order valence-corrected chi connectivity index (χ0v) is 20.8. The Bertz CT molecular complexity index is 1190. The van der Waals surface area contributed by atoms with Crippen molar-refractivity contribution in [2.75, 3.05) is 11.1 Å². The topological polar surface area (TPSA) is 132 Å². The highest BCUT2D eigenvalue weighted by molar-refractivity contribution is 7.99. The second-order valence-corrected chi connectivity index (χ2v) is 9.23. The van der Waals surface area contributed by atoms with E-state index >= 15 is 0 Å². The summed E-state index contributed by atoms with van der Waals surface area (Å²) in [6, 6.07) is 12.6. The van der Waals surface area contributed by atoms with Crippen LogP contribution in [0.5, 0.6) is 0 Å². The summed E-state index contributed by atoms with van der Waals surface area (Å²) in [5.74, 6) is 0.301. The monoisotopic (exact) mass is 496 g/mol. The number of nitrogens with zero attached hydrogens (tertiary/aromatic N) is 4. The van der Waals surface area contributed by atoms with E-state index in [1.165, 1.54) is 36.0 Å². The lowest BCUT2D eigenvalue weighted by Crippen LogP contribution is -2.33. The van der Waals surface area contributed by atoms with Gasteiger partial charge in [0.2, 0.25) is 5.91 Å². The van der Waals surface area contributed by atoms with Crippen LogP contribution in [0.2, 0.25) is 0 Å². The van der Waals surface area contributed by atoms with Gasteiger partial charge in [0, 0.05) is 29.9 Å². The molecule has 3 aromatic rings. The van der Waals surface area contributed by atoms with Crippen LogP contribution < -0.4 is 10.6 Å². The summed E-state index contributed by atoms with van der Waals surface area (Å²) in [4.78, 5) is 35.5. The first-order chi connectivity index (χ1) is 16.7. The molecule has 0 spiro atoms. The van der Waals surface area contributed by atoms with Gasteiger partial charge in [0.25, 0.3) is 11.6 Å². The zero-order valence-electron chi connectivity index (χ0n) is 20.0. The molecule has 0 aliphatic heterocycles. The molecule has 2 aromatic carbocycles. The van der Waals surface area contributed by atoms with Crippen LogP contribution in [0.3, 0.4) is 0 Å². The highest BCUT2D eigenvalue weighted by Gasteiger charge is 2.26. The number of hydrogen-bond donors (Lipinski definition) is 2. The normalized spacial score (nSPS) is 11.8. The number of nitrogens with one attached hydrogen (secondary N) is 2. The predicted octanol–water partition coefficient (Wildman–Crippen LogP) is 4.37. The minimum atomic E-state index is -0.496. The third kappa shape index (κ3) is 6.66. The van der Waals surface area contributed by atoms with E-state index in [9.17, 15) is 19.7 Å². The van der Waals surface area contributed by atoms with Crippen molar-refractivity contribution in [2.45, 2.75) is 45.4 Å². The second-order valence-electron chi connectivity index (χ2n) is 8.29. The van der Waals surface area contributed by atoms with E-state index < -0.39 is 4.92 Å². The van der Waals surface area contributed by atoms with Crippen molar-refractivity contribution >= 4 is 35.0 Å². The molecule has 0 unspecified atom stereocenters. The van der Waals surface area contributed by atoms with E-state index in [0.29, 0.717) is 28.8 Å². The van der Waals surface area contributed by atoms with E-state index in [-0.39, 0.29) is 35.2 Å².